The fourth-order valence-electron chi connectivity index (χ4n) is 5.52. The highest BCUT2D eigenvalue weighted by molar-refractivity contribution is 7.89. The molecule has 0 radical (unpaired) electrons. The Bertz CT molecular complexity index is 1780. The number of aryl methyl sites for hydroxylation is 1. The van der Waals surface area contributed by atoms with Gasteiger partial charge in [0.25, 0.3) is 10.0 Å². The summed E-state index contributed by atoms with van der Waals surface area (Å²) >= 11 is 0. The largest absolute Gasteiger partial charge is 0.507 e. The first kappa shape index (κ1) is 30.2. The second kappa shape index (κ2) is 11.1. The molecule has 0 saturated heterocycles. The molecular formula is C30H30N2O10S. The summed E-state index contributed by atoms with van der Waals surface area (Å²) in [4.78, 5) is 29.1. The van der Waals surface area contributed by atoms with Crippen molar-refractivity contribution in [3.63, 3.8) is 0 Å². The van der Waals surface area contributed by atoms with Crippen LogP contribution in [0.5, 0.6) is 17.2 Å². The topological polar surface area (TPSA) is 192 Å². The van der Waals surface area contributed by atoms with Gasteiger partial charge in [-0.25, -0.2) is 0 Å². The number of rotatable bonds is 8. The van der Waals surface area contributed by atoms with Gasteiger partial charge in [0.05, 0.1) is 47.1 Å². The van der Waals surface area contributed by atoms with Crippen molar-refractivity contribution < 1.29 is 47.9 Å². The highest BCUT2D eigenvalue weighted by Gasteiger charge is 2.47. The number of carbonyl (C=O) groups excluding carboxylic acids is 2. The van der Waals surface area contributed by atoms with Gasteiger partial charge in [0.15, 0.2) is 5.78 Å². The number of phenols is 2. The molecule has 43 heavy (non-hydrogen) atoms. The molecule has 5 N–H and O–H groups in total. The Labute approximate surface area is 247 Å². The van der Waals surface area contributed by atoms with Gasteiger partial charge in [-0.2, -0.15) is 18.4 Å². The maximum Gasteiger partial charge on any atom is 0.276 e. The average molecular weight is 611 g/mol. The number of methoxy groups -OCH3 is 1. The summed E-state index contributed by atoms with van der Waals surface area (Å²) in [5, 5.41) is 49.5. The molecule has 2 atom stereocenters. The van der Waals surface area contributed by atoms with Gasteiger partial charge in [-0.15, -0.1) is 0 Å². The summed E-state index contributed by atoms with van der Waals surface area (Å²) in [6.07, 6.45) is -2.67. The zero-order valence-electron chi connectivity index (χ0n) is 23.5. The Morgan fingerprint density at radius 3 is 2.37 bits per heavy atom. The minimum Gasteiger partial charge on any atom is -0.507 e. The zero-order chi connectivity index (χ0) is 31.3. The smallest absolute Gasteiger partial charge is 0.276 e. The molecule has 3 aromatic rings. The van der Waals surface area contributed by atoms with Gasteiger partial charge in [-0.1, -0.05) is 29.8 Å². The van der Waals surface area contributed by atoms with Gasteiger partial charge in [0, 0.05) is 36.1 Å². The van der Waals surface area contributed by atoms with E-state index in [1.165, 1.54) is 37.4 Å². The molecule has 226 valence electrons. The molecule has 0 spiro atoms. The van der Waals surface area contributed by atoms with Crippen molar-refractivity contribution in [1.29, 1.82) is 0 Å². The number of sulfonamides is 1. The van der Waals surface area contributed by atoms with E-state index in [1.54, 1.807) is 26.0 Å². The van der Waals surface area contributed by atoms with Crippen molar-refractivity contribution in [2.75, 3.05) is 20.3 Å². The number of hydrazone groups is 1. The van der Waals surface area contributed by atoms with Crippen LogP contribution in [0, 0.1) is 6.92 Å². The van der Waals surface area contributed by atoms with E-state index < -0.39 is 68.8 Å². The van der Waals surface area contributed by atoms with Crippen LogP contribution in [0.25, 0.3) is 0 Å². The number of aliphatic hydroxyl groups is 2. The number of aliphatic hydroxyl groups excluding tert-OH is 1. The molecular weight excluding hydrogens is 580 g/mol. The van der Waals surface area contributed by atoms with E-state index in [0.717, 1.165) is 5.56 Å². The number of ketones is 2. The van der Waals surface area contributed by atoms with Crippen molar-refractivity contribution in [2.45, 2.75) is 43.3 Å². The molecule has 0 fully saturated rings. The molecule has 0 bridgehead atoms. The lowest BCUT2D eigenvalue weighted by molar-refractivity contribution is 0.0209. The third-order valence-corrected chi connectivity index (χ3v) is 8.93. The molecule has 5 rings (SSSR count). The number of aromatic hydroxyl groups is 2. The normalized spacial score (nSPS) is 19.8. The Morgan fingerprint density at radius 2 is 1.72 bits per heavy atom. The molecule has 0 heterocycles. The number of fused-ring (bicyclic) bond motifs is 3. The number of nitrogens with zero attached hydrogens (tertiary/aromatic N) is 1. The predicted molar refractivity (Wildman–Crippen MR) is 153 cm³/mol. The fraction of sp³-hybridized carbons (Fsp3) is 0.300. The van der Waals surface area contributed by atoms with E-state index in [0.29, 0.717) is 0 Å². The van der Waals surface area contributed by atoms with Crippen LogP contribution in [0.1, 0.15) is 68.0 Å². The quantitative estimate of drug-likeness (QED) is 0.112. The van der Waals surface area contributed by atoms with E-state index in [2.05, 4.69) is 9.93 Å². The predicted octanol–water partition coefficient (Wildman–Crippen LogP) is 2.27. The Morgan fingerprint density at radius 1 is 1.05 bits per heavy atom. The van der Waals surface area contributed by atoms with Gasteiger partial charge < -0.3 is 29.9 Å². The van der Waals surface area contributed by atoms with E-state index >= 15 is 0 Å². The molecule has 3 aromatic carbocycles. The second-order valence-electron chi connectivity index (χ2n) is 10.4. The number of ether oxygens (including phenoxy) is 2. The van der Waals surface area contributed by atoms with Crippen LogP contribution in [0.15, 0.2) is 52.5 Å². The number of hydrogen-bond donors (Lipinski definition) is 5. The van der Waals surface area contributed by atoms with Crippen LogP contribution in [-0.4, -0.2) is 72.0 Å². The van der Waals surface area contributed by atoms with E-state index in [9.17, 15) is 38.4 Å². The standard InChI is InChI=1S/C30H30N2O10S/c1-4-42-14-21(31-32-43(39,40)16-10-8-15(2)9-11-16)30(38)12-18-22(19(33)13-30)28(36)25-24(27(18)35)26(34)17-6-5-7-20(41-3)23(17)29(25)37/h5-11,19,32-33,35-36,38H,4,12-14H2,1-3H3. The molecule has 13 heteroatoms. The zero-order valence-corrected chi connectivity index (χ0v) is 24.4. The highest BCUT2D eigenvalue weighted by atomic mass is 32.2. The second-order valence-corrected chi connectivity index (χ2v) is 12.1. The van der Waals surface area contributed by atoms with Crippen molar-refractivity contribution in [3.05, 3.63) is 81.4 Å². The molecule has 0 saturated carbocycles. The Hall–Kier alpha value is -4.30. The van der Waals surface area contributed by atoms with Crippen LogP contribution >= 0.6 is 0 Å². The highest BCUT2D eigenvalue weighted by Crippen LogP contribution is 2.51. The van der Waals surface area contributed by atoms with Crippen molar-refractivity contribution in [3.8, 4) is 17.2 Å². The van der Waals surface area contributed by atoms with Crippen LogP contribution in [0.3, 0.4) is 0 Å². The SMILES string of the molecule is CCOCC(=NNS(=O)(=O)c1ccc(C)cc1)C1(O)Cc2c(O)c3c(c(O)c2C(O)C1)C(=O)c1c(OC)cccc1C3=O. The lowest BCUT2D eigenvalue weighted by Gasteiger charge is -2.38. The van der Waals surface area contributed by atoms with Gasteiger partial charge in [0.2, 0.25) is 5.78 Å². The maximum atomic E-state index is 13.5. The van der Waals surface area contributed by atoms with Crippen LogP contribution in [0.4, 0.5) is 0 Å². The lowest BCUT2D eigenvalue weighted by Crippen LogP contribution is -2.48. The fourth-order valence-corrected chi connectivity index (χ4v) is 6.35. The van der Waals surface area contributed by atoms with Crippen molar-refractivity contribution in [2.24, 2.45) is 5.10 Å². The first-order chi connectivity index (χ1) is 20.3. The van der Waals surface area contributed by atoms with E-state index in [4.69, 9.17) is 9.47 Å². The summed E-state index contributed by atoms with van der Waals surface area (Å²) < 4.78 is 36.5. The van der Waals surface area contributed by atoms with Crippen LogP contribution in [-0.2, 0) is 21.2 Å². The third kappa shape index (κ3) is 5.03. The molecule has 2 aliphatic carbocycles. The monoisotopic (exact) mass is 610 g/mol. The minimum atomic E-state index is -4.16. The van der Waals surface area contributed by atoms with Crippen molar-refractivity contribution >= 4 is 27.3 Å². The summed E-state index contributed by atoms with van der Waals surface area (Å²) in [6, 6.07) is 10.4. The number of carbonyl (C=O) groups is 2. The average Bonchev–Trinajstić information content (AvgIpc) is 2.97. The molecule has 0 aromatic heterocycles. The number of hydrogen-bond acceptors (Lipinski definition) is 11. The van der Waals surface area contributed by atoms with E-state index in [1.807, 2.05) is 0 Å². The van der Waals surface area contributed by atoms with Gasteiger partial charge in [0.1, 0.15) is 22.8 Å². The van der Waals surface area contributed by atoms with Gasteiger partial charge in [-0.05, 0) is 32.0 Å². The first-order valence-corrected chi connectivity index (χ1v) is 14.8. The number of nitrogens with one attached hydrogen (secondary N) is 1. The maximum absolute atomic E-state index is 13.5. The summed E-state index contributed by atoms with van der Waals surface area (Å²) in [6.45, 7) is 3.30. The van der Waals surface area contributed by atoms with Crippen LogP contribution < -0.4 is 9.57 Å². The van der Waals surface area contributed by atoms with Gasteiger partial charge >= 0.3 is 0 Å². The van der Waals surface area contributed by atoms with Crippen LogP contribution in [0.2, 0.25) is 0 Å². The van der Waals surface area contributed by atoms with Crippen molar-refractivity contribution in [1.82, 2.24) is 4.83 Å². The summed E-state index contributed by atoms with van der Waals surface area (Å²) in [5.74, 6) is -2.87. The lowest BCUT2D eigenvalue weighted by atomic mass is 9.71. The molecule has 2 unspecified atom stereocenters. The molecule has 0 aliphatic heterocycles. The first-order valence-electron chi connectivity index (χ1n) is 13.3. The minimum absolute atomic E-state index is 0.0535. The Balaban J connectivity index is 1.60. The summed E-state index contributed by atoms with van der Waals surface area (Å²) in [5.41, 5.74) is -3.03. The molecule has 2 aliphatic rings. The van der Waals surface area contributed by atoms with Gasteiger partial charge in [-0.3, -0.25) is 9.59 Å². The molecule has 12 nitrogen and oxygen atoms in total. The third-order valence-electron chi connectivity index (χ3n) is 7.71. The molecule has 0 amide bonds. The number of benzene rings is 3. The Kier molecular flexibility index (Phi) is 7.77. The number of phenolic OH excluding ortho intramolecular Hbond substituents is 2. The summed E-state index contributed by atoms with van der Waals surface area (Å²) in [7, 11) is -2.84. The van der Waals surface area contributed by atoms with E-state index in [-0.39, 0.29) is 51.8 Å².